The maximum atomic E-state index is 12.4. The van der Waals surface area contributed by atoms with Crippen LogP contribution < -0.4 is 22.9 Å². The van der Waals surface area contributed by atoms with E-state index in [1.165, 1.54) is 6.07 Å². The van der Waals surface area contributed by atoms with Crippen molar-refractivity contribution in [1.82, 2.24) is 0 Å². The highest BCUT2D eigenvalue weighted by Gasteiger charge is 2.29. The Balaban J connectivity index is 2.66. The molecule has 0 heterocycles. The highest BCUT2D eigenvalue weighted by Crippen LogP contribution is 2.34. The van der Waals surface area contributed by atoms with Crippen LogP contribution in [-0.4, -0.2) is 23.6 Å². The van der Waals surface area contributed by atoms with Gasteiger partial charge in [-0.2, -0.15) is 0 Å². The molecule has 0 bridgehead atoms. The number of nitrogens with two attached hydrogens (primary N) is 4. The largest absolute Gasteiger partial charge is 0.370 e. The van der Waals surface area contributed by atoms with Gasteiger partial charge in [0, 0.05) is 17.5 Å². The number of carbonyl (C=O) groups excluding carboxylic acids is 4. The maximum Gasteiger partial charge on any atom is 0.249 e. The molecule has 4 amide bonds. The Kier molecular flexibility index (Phi) is 7.14. The SMILES string of the molecule is NC(=O)CCCC(C(N)=O)c1cc(C(N)=O)c2c(c1C(N)=O)CCCCCC2. The van der Waals surface area contributed by atoms with Crippen molar-refractivity contribution >= 4 is 23.6 Å². The Bertz CT molecular complexity index is 804. The molecule has 28 heavy (non-hydrogen) atoms. The molecule has 0 radical (unpaired) electrons. The summed E-state index contributed by atoms with van der Waals surface area (Å²) in [6.45, 7) is 0. The van der Waals surface area contributed by atoms with Crippen LogP contribution in [0.3, 0.4) is 0 Å². The maximum absolute atomic E-state index is 12.4. The highest BCUT2D eigenvalue weighted by molar-refractivity contribution is 6.02. The van der Waals surface area contributed by atoms with E-state index in [0.29, 0.717) is 36.0 Å². The zero-order chi connectivity index (χ0) is 20.8. The minimum absolute atomic E-state index is 0.0866. The van der Waals surface area contributed by atoms with Gasteiger partial charge in [-0.05, 0) is 61.3 Å². The Hall–Kier alpha value is -2.90. The van der Waals surface area contributed by atoms with Gasteiger partial charge >= 0.3 is 0 Å². The molecule has 0 saturated heterocycles. The molecular weight excluding hydrogens is 360 g/mol. The molecule has 1 aromatic rings. The van der Waals surface area contributed by atoms with Gasteiger partial charge in [-0.25, -0.2) is 0 Å². The number of hydrogen-bond acceptors (Lipinski definition) is 4. The molecule has 8 heteroatoms. The zero-order valence-corrected chi connectivity index (χ0v) is 16.0. The topological polar surface area (TPSA) is 172 Å². The van der Waals surface area contributed by atoms with Crippen LogP contribution in [-0.2, 0) is 22.4 Å². The molecule has 0 saturated carbocycles. The molecule has 0 aromatic heterocycles. The van der Waals surface area contributed by atoms with E-state index in [4.69, 9.17) is 22.9 Å². The van der Waals surface area contributed by atoms with E-state index in [2.05, 4.69) is 0 Å². The van der Waals surface area contributed by atoms with E-state index in [1.807, 2.05) is 0 Å². The molecule has 1 unspecified atom stereocenters. The summed E-state index contributed by atoms with van der Waals surface area (Å²) < 4.78 is 0. The first-order chi connectivity index (χ1) is 13.2. The van der Waals surface area contributed by atoms with Crippen molar-refractivity contribution in [1.29, 1.82) is 0 Å². The Morgan fingerprint density at radius 3 is 1.96 bits per heavy atom. The van der Waals surface area contributed by atoms with Crippen molar-refractivity contribution in [2.24, 2.45) is 22.9 Å². The quantitative estimate of drug-likeness (QED) is 0.515. The van der Waals surface area contributed by atoms with Gasteiger partial charge < -0.3 is 22.9 Å². The van der Waals surface area contributed by atoms with Crippen molar-refractivity contribution in [3.63, 3.8) is 0 Å². The summed E-state index contributed by atoms with van der Waals surface area (Å²) in [5.41, 5.74) is 24.4. The van der Waals surface area contributed by atoms with E-state index in [1.54, 1.807) is 0 Å². The number of amides is 4. The lowest BCUT2D eigenvalue weighted by molar-refractivity contribution is -0.120. The third-order valence-electron chi connectivity index (χ3n) is 5.33. The van der Waals surface area contributed by atoms with Crippen molar-refractivity contribution in [3.8, 4) is 0 Å². The molecular formula is C20H28N4O4. The smallest absolute Gasteiger partial charge is 0.249 e. The van der Waals surface area contributed by atoms with Crippen LogP contribution in [0.4, 0.5) is 0 Å². The van der Waals surface area contributed by atoms with Crippen LogP contribution in [0, 0.1) is 0 Å². The van der Waals surface area contributed by atoms with Crippen LogP contribution >= 0.6 is 0 Å². The van der Waals surface area contributed by atoms with E-state index >= 15 is 0 Å². The first-order valence-corrected chi connectivity index (χ1v) is 9.59. The fraction of sp³-hybridized carbons (Fsp3) is 0.500. The molecule has 1 aliphatic rings. The van der Waals surface area contributed by atoms with E-state index in [9.17, 15) is 19.2 Å². The molecule has 8 N–H and O–H groups in total. The van der Waals surface area contributed by atoms with Gasteiger partial charge in [0.25, 0.3) is 0 Å². The van der Waals surface area contributed by atoms with Crippen LogP contribution in [0.5, 0.6) is 0 Å². The molecule has 0 fully saturated rings. The number of primary amides is 4. The lowest BCUT2D eigenvalue weighted by atomic mass is 9.79. The fourth-order valence-electron chi connectivity index (χ4n) is 4.04. The molecule has 1 aromatic carbocycles. The van der Waals surface area contributed by atoms with Crippen LogP contribution in [0.1, 0.15) is 88.3 Å². The van der Waals surface area contributed by atoms with Crippen molar-refractivity contribution < 1.29 is 19.2 Å². The van der Waals surface area contributed by atoms with Crippen LogP contribution in [0.15, 0.2) is 6.07 Å². The molecule has 8 nitrogen and oxygen atoms in total. The summed E-state index contributed by atoms with van der Waals surface area (Å²) in [5, 5.41) is 0. The van der Waals surface area contributed by atoms with E-state index in [-0.39, 0.29) is 18.4 Å². The second-order valence-corrected chi connectivity index (χ2v) is 7.30. The Morgan fingerprint density at radius 2 is 1.46 bits per heavy atom. The summed E-state index contributed by atoms with van der Waals surface area (Å²) in [4.78, 5) is 47.7. The summed E-state index contributed by atoms with van der Waals surface area (Å²) >= 11 is 0. The van der Waals surface area contributed by atoms with Gasteiger partial charge in [0.2, 0.25) is 23.6 Å². The lowest BCUT2D eigenvalue weighted by Crippen LogP contribution is -2.29. The second kappa shape index (κ2) is 9.34. The molecule has 1 atom stereocenters. The zero-order valence-electron chi connectivity index (χ0n) is 16.0. The molecule has 1 aliphatic carbocycles. The van der Waals surface area contributed by atoms with Gasteiger partial charge in [-0.1, -0.05) is 12.8 Å². The van der Waals surface area contributed by atoms with Crippen LogP contribution in [0.2, 0.25) is 0 Å². The van der Waals surface area contributed by atoms with Gasteiger partial charge in [0.05, 0.1) is 5.92 Å². The van der Waals surface area contributed by atoms with E-state index in [0.717, 1.165) is 31.2 Å². The average molecular weight is 388 g/mol. The van der Waals surface area contributed by atoms with Gasteiger partial charge in [0.1, 0.15) is 0 Å². The third kappa shape index (κ3) is 4.88. The molecule has 2 rings (SSSR count). The van der Waals surface area contributed by atoms with Gasteiger partial charge in [-0.3, -0.25) is 19.2 Å². The normalized spacial score (nSPS) is 15.0. The monoisotopic (exact) mass is 388 g/mol. The fourth-order valence-corrected chi connectivity index (χ4v) is 4.04. The standard InChI is InChI=1S/C20H28N4O4/c21-16(25)9-5-8-13(18(22)26)14-10-15(19(23)27)11-6-3-1-2-4-7-12(11)17(14)20(24)28/h10,13H,1-9H2,(H2,21,25)(H2,22,26)(H2,23,27)(H2,24,28). The third-order valence-corrected chi connectivity index (χ3v) is 5.33. The number of rotatable bonds is 8. The molecule has 152 valence electrons. The number of fused-ring (bicyclic) bond motifs is 1. The summed E-state index contributed by atoms with van der Waals surface area (Å²) in [7, 11) is 0. The number of carbonyl (C=O) groups is 4. The number of hydrogen-bond donors (Lipinski definition) is 4. The lowest BCUT2D eigenvalue weighted by Gasteiger charge is -2.25. The minimum Gasteiger partial charge on any atom is -0.370 e. The summed E-state index contributed by atoms with van der Waals surface area (Å²) in [6, 6.07) is 1.49. The van der Waals surface area contributed by atoms with Gasteiger partial charge in [-0.15, -0.1) is 0 Å². The van der Waals surface area contributed by atoms with Gasteiger partial charge in [0.15, 0.2) is 0 Å². The highest BCUT2D eigenvalue weighted by atomic mass is 16.2. The predicted molar refractivity (Wildman–Crippen MR) is 104 cm³/mol. The van der Waals surface area contributed by atoms with Crippen molar-refractivity contribution in [3.05, 3.63) is 33.9 Å². The molecule has 0 aliphatic heterocycles. The predicted octanol–water partition coefficient (Wildman–Crippen LogP) is 0.768. The van der Waals surface area contributed by atoms with Crippen molar-refractivity contribution in [2.45, 2.75) is 63.7 Å². The Morgan fingerprint density at radius 1 is 0.857 bits per heavy atom. The first kappa shape index (κ1) is 21.4. The van der Waals surface area contributed by atoms with Crippen molar-refractivity contribution in [2.75, 3.05) is 0 Å². The average Bonchev–Trinajstić information content (AvgIpc) is 2.57. The Labute approximate surface area is 164 Å². The number of benzene rings is 1. The van der Waals surface area contributed by atoms with Crippen LogP contribution in [0.25, 0.3) is 0 Å². The first-order valence-electron chi connectivity index (χ1n) is 9.59. The summed E-state index contributed by atoms with van der Waals surface area (Å²) in [5.74, 6) is -3.29. The molecule has 0 spiro atoms. The second-order valence-electron chi connectivity index (χ2n) is 7.30. The summed E-state index contributed by atoms with van der Waals surface area (Å²) in [6.07, 6.45) is 5.59. The van der Waals surface area contributed by atoms with E-state index < -0.39 is 29.5 Å². The minimum atomic E-state index is -0.865.